The van der Waals surface area contributed by atoms with E-state index < -0.39 is 0 Å². The minimum Gasteiger partial charge on any atom is -0.369 e. The van der Waals surface area contributed by atoms with Gasteiger partial charge in [0.25, 0.3) is 0 Å². The number of aliphatic imine (C=N–C) groups is 1. The van der Waals surface area contributed by atoms with E-state index in [-0.39, 0.29) is 5.66 Å². The highest BCUT2D eigenvalue weighted by atomic mass is 15.2. The standard InChI is InChI=1S/C13H24N4/c1-10-4-6-11(7-5-10)17-12-8-13(2,14-3)16-9-15-12/h8-11,14,17H,4-7H2,1-3H3,(H,15,16). The van der Waals surface area contributed by atoms with E-state index in [9.17, 15) is 0 Å². The largest absolute Gasteiger partial charge is 0.369 e. The third-order valence-corrected chi connectivity index (χ3v) is 3.86. The summed E-state index contributed by atoms with van der Waals surface area (Å²) in [6, 6.07) is 0.609. The lowest BCUT2D eigenvalue weighted by Gasteiger charge is -2.31. The number of nitrogens with one attached hydrogen (secondary N) is 3. The van der Waals surface area contributed by atoms with Crippen LogP contribution in [0.25, 0.3) is 0 Å². The number of likely N-dealkylation sites (N-methyl/N-ethyl adjacent to an activating group) is 1. The molecule has 1 saturated carbocycles. The Hall–Kier alpha value is -1.03. The summed E-state index contributed by atoms with van der Waals surface area (Å²) in [5.74, 6) is 1.97. The summed E-state index contributed by atoms with van der Waals surface area (Å²) in [5, 5.41) is 9.97. The minimum atomic E-state index is -0.282. The Balaban J connectivity index is 1.91. The van der Waals surface area contributed by atoms with Crippen molar-refractivity contribution in [1.82, 2.24) is 16.0 Å². The molecule has 0 aromatic carbocycles. The van der Waals surface area contributed by atoms with Crippen LogP contribution in [0.1, 0.15) is 39.5 Å². The fraction of sp³-hybridized carbons (Fsp3) is 0.769. The molecule has 17 heavy (non-hydrogen) atoms. The summed E-state index contributed by atoms with van der Waals surface area (Å²) in [5.41, 5.74) is -0.282. The first-order chi connectivity index (χ1) is 8.11. The Morgan fingerprint density at radius 1 is 1.35 bits per heavy atom. The molecule has 0 aromatic rings. The second kappa shape index (κ2) is 5.08. The van der Waals surface area contributed by atoms with Crippen molar-refractivity contribution >= 4 is 6.34 Å². The smallest absolute Gasteiger partial charge is 0.131 e. The minimum absolute atomic E-state index is 0.282. The van der Waals surface area contributed by atoms with Crippen molar-refractivity contribution in [3.63, 3.8) is 0 Å². The lowest BCUT2D eigenvalue weighted by Crippen LogP contribution is -2.45. The van der Waals surface area contributed by atoms with E-state index in [1.54, 1.807) is 6.34 Å². The first kappa shape index (κ1) is 12.4. The van der Waals surface area contributed by atoms with E-state index in [4.69, 9.17) is 0 Å². The van der Waals surface area contributed by atoms with Crippen LogP contribution < -0.4 is 16.0 Å². The molecule has 4 heteroatoms. The van der Waals surface area contributed by atoms with Crippen LogP contribution in [-0.2, 0) is 0 Å². The fourth-order valence-corrected chi connectivity index (χ4v) is 2.44. The van der Waals surface area contributed by atoms with Gasteiger partial charge in [-0.05, 0) is 51.6 Å². The molecule has 0 amide bonds. The molecule has 1 atom stereocenters. The fourth-order valence-electron chi connectivity index (χ4n) is 2.44. The van der Waals surface area contributed by atoms with Crippen LogP contribution >= 0.6 is 0 Å². The van der Waals surface area contributed by atoms with Crippen LogP contribution in [0.2, 0.25) is 0 Å². The summed E-state index contributed by atoms with van der Waals surface area (Å²) >= 11 is 0. The van der Waals surface area contributed by atoms with Gasteiger partial charge in [-0.3, -0.25) is 5.32 Å². The van der Waals surface area contributed by atoms with Crippen LogP contribution in [0.5, 0.6) is 0 Å². The van der Waals surface area contributed by atoms with Gasteiger partial charge in [0.2, 0.25) is 0 Å². The second-order valence-corrected chi connectivity index (χ2v) is 5.46. The lowest BCUT2D eigenvalue weighted by atomic mass is 9.87. The van der Waals surface area contributed by atoms with Crippen molar-refractivity contribution in [3.05, 3.63) is 11.9 Å². The molecule has 2 rings (SSSR count). The maximum absolute atomic E-state index is 4.37. The normalized spacial score (nSPS) is 37.2. The highest BCUT2D eigenvalue weighted by Crippen LogP contribution is 2.24. The predicted octanol–water partition coefficient (Wildman–Crippen LogP) is 1.56. The van der Waals surface area contributed by atoms with Gasteiger partial charge >= 0.3 is 0 Å². The Morgan fingerprint density at radius 2 is 2.06 bits per heavy atom. The summed E-state index contributed by atoms with van der Waals surface area (Å²) in [6.07, 6.45) is 9.10. The molecule has 3 N–H and O–H groups in total. The molecule has 0 saturated heterocycles. The molecule has 0 bridgehead atoms. The van der Waals surface area contributed by atoms with Gasteiger partial charge in [-0.1, -0.05) is 6.92 Å². The molecule has 1 heterocycles. The molecule has 0 aromatic heterocycles. The van der Waals surface area contributed by atoms with Gasteiger partial charge in [0, 0.05) is 6.04 Å². The average molecular weight is 236 g/mol. The van der Waals surface area contributed by atoms with Gasteiger partial charge in [0.15, 0.2) is 0 Å². The quantitative estimate of drug-likeness (QED) is 0.697. The topological polar surface area (TPSA) is 48.4 Å². The Kier molecular flexibility index (Phi) is 3.72. The third-order valence-electron chi connectivity index (χ3n) is 3.86. The Bertz CT molecular complexity index is 315. The zero-order valence-electron chi connectivity index (χ0n) is 11.1. The highest BCUT2D eigenvalue weighted by Gasteiger charge is 2.23. The molecule has 0 spiro atoms. The Labute approximate surface area is 104 Å². The van der Waals surface area contributed by atoms with Gasteiger partial charge in [-0.2, -0.15) is 0 Å². The highest BCUT2D eigenvalue weighted by molar-refractivity contribution is 5.60. The number of hydrogen-bond donors (Lipinski definition) is 3. The SMILES string of the molecule is CNC1(C)C=C(NC2CCC(C)CC2)NC=N1. The van der Waals surface area contributed by atoms with E-state index in [1.807, 2.05) is 7.05 Å². The van der Waals surface area contributed by atoms with Gasteiger partial charge in [0.05, 0.1) is 6.34 Å². The number of hydrogen-bond acceptors (Lipinski definition) is 4. The van der Waals surface area contributed by atoms with Crippen LogP contribution in [0.3, 0.4) is 0 Å². The van der Waals surface area contributed by atoms with Crippen molar-refractivity contribution in [3.8, 4) is 0 Å². The van der Waals surface area contributed by atoms with Gasteiger partial charge < -0.3 is 10.6 Å². The summed E-state index contributed by atoms with van der Waals surface area (Å²) in [6.45, 7) is 4.41. The van der Waals surface area contributed by atoms with Crippen molar-refractivity contribution in [2.45, 2.75) is 51.2 Å². The van der Waals surface area contributed by atoms with E-state index in [1.165, 1.54) is 25.7 Å². The second-order valence-electron chi connectivity index (χ2n) is 5.46. The molecule has 1 fully saturated rings. The van der Waals surface area contributed by atoms with Crippen LogP contribution in [0, 0.1) is 5.92 Å². The summed E-state index contributed by atoms with van der Waals surface area (Å²) < 4.78 is 0. The zero-order valence-corrected chi connectivity index (χ0v) is 11.1. The maximum Gasteiger partial charge on any atom is 0.131 e. The molecule has 1 unspecified atom stereocenters. The van der Waals surface area contributed by atoms with Gasteiger partial charge in [-0.25, -0.2) is 4.99 Å². The number of nitrogens with zero attached hydrogens (tertiary/aromatic N) is 1. The van der Waals surface area contributed by atoms with Crippen molar-refractivity contribution in [1.29, 1.82) is 0 Å². The molecule has 4 nitrogen and oxygen atoms in total. The van der Waals surface area contributed by atoms with Gasteiger partial charge in [0.1, 0.15) is 11.5 Å². The van der Waals surface area contributed by atoms with E-state index >= 15 is 0 Å². The molecule has 2 aliphatic rings. The summed E-state index contributed by atoms with van der Waals surface area (Å²) in [4.78, 5) is 4.37. The average Bonchev–Trinajstić information content (AvgIpc) is 2.32. The molecule has 1 aliphatic heterocycles. The molecular weight excluding hydrogens is 212 g/mol. The van der Waals surface area contributed by atoms with Crippen molar-refractivity contribution in [2.75, 3.05) is 7.05 Å². The van der Waals surface area contributed by atoms with E-state index in [2.05, 4.69) is 40.9 Å². The number of rotatable bonds is 3. The molecule has 0 radical (unpaired) electrons. The first-order valence-corrected chi connectivity index (χ1v) is 6.60. The van der Waals surface area contributed by atoms with Crippen molar-refractivity contribution < 1.29 is 0 Å². The maximum atomic E-state index is 4.37. The lowest BCUT2D eigenvalue weighted by molar-refractivity contribution is 0.317. The van der Waals surface area contributed by atoms with E-state index in [0.717, 1.165) is 11.7 Å². The van der Waals surface area contributed by atoms with Crippen LogP contribution in [0.4, 0.5) is 0 Å². The third kappa shape index (κ3) is 3.22. The predicted molar refractivity (Wildman–Crippen MR) is 71.7 cm³/mol. The first-order valence-electron chi connectivity index (χ1n) is 6.60. The molecule has 96 valence electrons. The van der Waals surface area contributed by atoms with Crippen LogP contribution in [-0.4, -0.2) is 25.1 Å². The Morgan fingerprint density at radius 3 is 2.71 bits per heavy atom. The monoisotopic (exact) mass is 236 g/mol. The van der Waals surface area contributed by atoms with E-state index in [0.29, 0.717) is 6.04 Å². The van der Waals surface area contributed by atoms with Crippen molar-refractivity contribution in [2.24, 2.45) is 10.9 Å². The zero-order chi connectivity index (χ0) is 12.3. The van der Waals surface area contributed by atoms with Crippen LogP contribution in [0.15, 0.2) is 16.9 Å². The molecular formula is C13H24N4. The molecule has 1 aliphatic carbocycles. The summed E-state index contributed by atoms with van der Waals surface area (Å²) in [7, 11) is 1.93. The van der Waals surface area contributed by atoms with Gasteiger partial charge in [-0.15, -0.1) is 0 Å².